The molecule has 12 rings (SSSR count). The molecule has 2 heteroatoms. The first-order valence-electron chi connectivity index (χ1n) is 21.3. The lowest BCUT2D eigenvalue weighted by Gasteiger charge is -2.13. The van der Waals surface area contributed by atoms with Gasteiger partial charge in [0.25, 0.3) is 0 Å². The van der Waals surface area contributed by atoms with Gasteiger partial charge in [0.1, 0.15) is 0 Å². The standard InChI is InChI=1S/C60H40N2/c1-4-15-41(16-5-1)43-27-33-48(34-28-43)61-56-25-13-12-23-52(56)54-39-46(31-37-57(54)61)47-32-38-58-55(40-47)60-53(51-22-11-10-21-50(51)45-19-8-3-9-20-45)24-14-26-59(60)62(58)49-35-29-44(30-36-49)42-17-6-2-7-18-42/h1-40H. The zero-order chi connectivity index (χ0) is 41.0. The molecular weight excluding hydrogens is 749 g/mol. The molecule has 0 aliphatic heterocycles. The van der Waals surface area contributed by atoms with Crippen LogP contribution in [0, 0.1) is 0 Å². The number of hydrogen-bond acceptors (Lipinski definition) is 0. The highest BCUT2D eigenvalue weighted by Gasteiger charge is 2.20. The van der Waals surface area contributed by atoms with Gasteiger partial charge < -0.3 is 9.13 Å². The van der Waals surface area contributed by atoms with Gasteiger partial charge in [0.2, 0.25) is 0 Å². The molecule has 2 heterocycles. The smallest absolute Gasteiger partial charge is 0.0547 e. The summed E-state index contributed by atoms with van der Waals surface area (Å²) >= 11 is 0. The fourth-order valence-electron chi connectivity index (χ4n) is 9.64. The molecule has 0 unspecified atom stereocenters. The van der Waals surface area contributed by atoms with Crippen molar-refractivity contribution in [3.05, 3.63) is 243 Å². The lowest BCUT2D eigenvalue weighted by atomic mass is 9.91. The fraction of sp³-hybridized carbons (Fsp3) is 0. The van der Waals surface area contributed by atoms with Gasteiger partial charge in [-0.1, -0.05) is 182 Å². The molecule has 2 nitrogen and oxygen atoms in total. The van der Waals surface area contributed by atoms with Crippen molar-refractivity contribution >= 4 is 43.6 Å². The van der Waals surface area contributed by atoms with E-state index in [1.165, 1.54) is 99.2 Å². The van der Waals surface area contributed by atoms with Gasteiger partial charge in [0, 0.05) is 32.9 Å². The van der Waals surface area contributed by atoms with Crippen molar-refractivity contribution in [1.82, 2.24) is 9.13 Å². The van der Waals surface area contributed by atoms with E-state index >= 15 is 0 Å². The molecule has 0 aliphatic carbocycles. The third kappa shape index (κ3) is 5.96. The van der Waals surface area contributed by atoms with Gasteiger partial charge in [-0.3, -0.25) is 0 Å². The first kappa shape index (κ1) is 35.7. The van der Waals surface area contributed by atoms with E-state index in [-0.39, 0.29) is 0 Å². The first-order valence-corrected chi connectivity index (χ1v) is 21.3. The monoisotopic (exact) mass is 788 g/mol. The van der Waals surface area contributed by atoms with E-state index in [0.717, 1.165) is 11.4 Å². The molecule has 0 spiro atoms. The van der Waals surface area contributed by atoms with Crippen LogP contribution >= 0.6 is 0 Å². The largest absolute Gasteiger partial charge is 0.309 e. The van der Waals surface area contributed by atoms with Crippen LogP contribution in [0.2, 0.25) is 0 Å². The Morgan fingerprint density at radius 2 is 0.613 bits per heavy atom. The Hall–Kier alpha value is -8.20. The summed E-state index contributed by atoms with van der Waals surface area (Å²) in [5.41, 5.74) is 19.2. The lowest BCUT2D eigenvalue weighted by molar-refractivity contribution is 1.18. The molecule has 0 radical (unpaired) electrons. The van der Waals surface area contributed by atoms with Crippen LogP contribution < -0.4 is 0 Å². The Kier molecular flexibility index (Phi) is 8.53. The number of para-hydroxylation sites is 1. The fourth-order valence-corrected chi connectivity index (χ4v) is 9.64. The predicted octanol–water partition coefficient (Wildman–Crippen LogP) is 16.2. The van der Waals surface area contributed by atoms with Gasteiger partial charge in [-0.05, 0) is 116 Å². The van der Waals surface area contributed by atoms with Crippen molar-refractivity contribution in [2.75, 3.05) is 0 Å². The summed E-state index contributed by atoms with van der Waals surface area (Å²) in [4.78, 5) is 0. The van der Waals surface area contributed by atoms with Crippen LogP contribution in [-0.4, -0.2) is 9.13 Å². The molecule has 12 aromatic rings. The molecule has 2 aromatic heterocycles. The number of rotatable bonds is 7. The van der Waals surface area contributed by atoms with Crippen LogP contribution in [0.1, 0.15) is 0 Å². The van der Waals surface area contributed by atoms with Crippen LogP contribution in [0.25, 0.3) is 111 Å². The van der Waals surface area contributed by atoms with E-state index in [4.69, 9.17) is 0 Å². The summed E-state index contributed by atoms with van der Waals surface area (Å²) in [6.45, 7) is 0. The van der Waals surface area contributed by atoms with Gasteiger partial charge in [0.15, 0.2) is 0 Å². The van der Waals surface area contributed by atoms with Crippen LogP contribution in [-0.2, 0) is 0 Å². The van der Waals surface area contributed by atoms with Crippen LogP contribution in [0.15, 0.2) is 243 Å². The Morgan fingerprint density at radius 3 is 1.23 bits per heavy atom. The maximum absolute atomic E-state index is 2.44. The molecule has 0 saturated carbocycles. The molecule has 0 amide bonds. The maximum atomic E-state index is 2.44. The van der Waals surface area contributed by atoms with Gasteiger partial charge in [0.05, 0.1) is 22.1 Å². The van der Waals surface area contributed by atoms with E-state index in [9.17, 15) is 0 Å². The Morgan fingerprint density at radius 1 is 0.210 bits per heavy atom. The first-order chi connectivity index (χ1) is 30.8. The molecule has 290 valence electrons. The minimum absolute atomic E-state index is 1.14. The van der Waals surface area contributed by atoms with Gasteiger partial charge in [-0.2, -0.15) is 0 Å². The van der Waals surface area contributed by atoms with Crippen LogP contribution in [0.4, 0.5) is 0 Å². The van der Waals surface area contributed by atoms with Crippen molar-refractivity contribution in [3.63, 3.8) is 0 Å². The van der Waals surface area contributed by atoms with E-state index < -0.39 is 0 Å². The molecule has 62 heavy (non-hydrogen) atoms. The topological polar surface area (TPSA) is 9.86 Å². The van der Waals surface area contributed by atoms with E-state index in [2.05, 4.69) is 252 Å². The molecule has 0 N–H and O–H groups in total. The van der Waals surface area contributed by atoms with Crippen molar-refractivity contribution < 1.29 is 0 Å². The van der Waals surface area contributed by atoms with Crippen LogP contribution in [0.3, 0.4) is 0 Å². The normalized spacial score (nSPS) is 11.5. The average molecular weight is 789 g/mol. The van der Waals surface area contributed by atoms with E-state index in [0.29, 0.717) is 0 Å². The number of nitrogens with zero attached hydrogens (tertiary/aromatic N) is 2. The Bertz CT molecular complexity index is 3580. The lowest BCUT2D eigenvalue weighted by Crippen LogP contribution is -1.94. The number of hydrogen-bond donors (Lipinski definition) is 0. The Labute approximate surface area is 360 Å². The molecule has 0 bridgehead atoms. The molecule has 0 fully saturated rings. The highest BCUT2D eigenvalue weighted by molar-refractivity contribution is 6.18. The Balaban J connectivity index is 1.05. The molecule has 0 aliphatic rings. The summed E-state index contributed by atoms with van der Waals surface area (Å²) in [5, 5.41) is 4.96. The minimum atomic E-state index is 1.14. The SMILES string of the molecule is c1ccc(-c2ccc(-n3c4ccccc4c4cc(-c5ccc6c(c5)c5c(-c7ccccc7-c7ccccc7)cccc5n6-c5ccc(-c6ccccc6)cc5)ccc43)cc2)cc1. The van der Waals surface area contributed by atoms with Crippen molar-refractivity contribution in [2.24, 2.45) is 0 Å². The summed E-state index contributed by atoms with van der Waals surface area (Å²) < 4.78 is 4.84. The third-order valence-corrected chi connectivity index (χ3v) is 12.6. The maximum Gasteiger partial charge on any atom is 0.0547 e. The minimum Gasteiger partial charge on any atom is -0.309 e. The predicted molar refractivity (Wildman–Crippen MR) is 262 cm³/mol. The van der Waals surface area contributed by atoms with Crippen molar-refractivity contribution in [2.45, 2.75) is 0 Å². The quantitative estimate of drug-likeness (QED) is 0.152. The number of benzene rings is 10. The average Bonchev–Trinajstić information content (AvgIpc) is 3.87. The van der Waals surface area contributed by atoms with E-state index in [1.807, 2.05) is 0 Å². The zero-order valence-electron chi connectivity index (χ0n) is 34.0. The second-order valence-corrected chi connectivity index (χ2v) is 16.1. The second-order valence-electron chi connectivity index (χ2n) is 16.1. The summed E-state index contributed by atoms with van der Waals surface area (Å²) in [6, 6.07) is 88.4. The van der Waals surface area contributed by atoms with Gasteiger partial charge >= 0.3 is 0 Å². The number of aromatic nitrogens is 2. The second kappa shape index (κ2) is 14.8. The number of fused-ring (bicyclic) bond motifs is 6. The molecule has 0 saturated heterocycles. The molecule has 0 atom stereocenters. The summed E-state index contributed by atoms with van der Waals surface area (Å²) in [6.07, 6.45) is 0. The molecule has 10 aromatic carbocycles. The third-order valence-electron chi connectivity index (χ3n) is 12.6. The van der Waals surface area contributed by atoms with Crippen molar-refractivity contribution in [3.8, 4) is 67.0 Å². The van der Waals surface area contributed by atoms with Crippen LogP contribution in [0.5, 0.6) is 0 Å². The highest BCUT2D eigenvalue weighted by Crippen LogP contribution is 2.44. The summed E-state index contributed by atoms with van der Waals surface area (Å²) in [5.74, 6) is 0. The summed E-state index contributed by atoms with van der Waals surface area (Å²) in [7, 11) is 0. The molecular formula is C60H40N2. The van der Waals surface area contributed by atoms with Gasteiger partial charge in [-0.15, -0.1) is 0 Å². The van der Waals surface area contributed by atoms with Crippen molar-refractivity contribution in [1.29, 1.82) is 0 Å². The zero-order valence-corrected chi connectivity index (χ0v) is 34.0. The van der Waals surface area contributed by atoms with E-state index in [1.54, 1.807) is 0 Å². The van der Waals surface area contributed by atoms with Gasteiger partial charge in [-0.25, -0.2) is 0 Å². The highest BCUT2D eigenvalue weighted by atomic mass is 15.0.